The molecule has 1 aromatic heterocycles. The molecule has 128 valence electrons. The van der Waals surface area contributed by atoms with E-state index in [1.165, 1.54) is 24.3 Å². The van der Waals surface area contributed by atoms with Gasteiger partial charge in [0, 0.05) is 10.6 Å². The number of rotatable bonds is 5. The Labute approximate surface area is 147 Å². The zero-order valence-electron chi connectivity index (χ0n) is 13.1. The van der Waals surface area contributed by atoms with Crippen molar-refractivity contribution in [2.75, 3.05) is 5.32 Å². The number of amides is 1. The molecule has 3 rings (SSSR count). The molecule has 6 nitrogen and oxygen atoms in total. The third-order valence-electron chi connectivity index (χ3n) is 3.23. The fourth-order valence-electron chi connectivity index (χ4n) is 2.00. The van der Waals surface area contributed by atoms with Gasteiger partial charge in [-0.2, -0.15) is 4.98 Å². The number of hydrogen-bond acceptors (Lipinski definition) is 5. The summed E-state index contributed by atoms with van der Waals surface area (Å²) in [5.41, 5.74) is 0.635. The maximum atomic E-state index is 12.9. The lowest BCUT2D eigenvalue weighted by atomic mass is 10.2. The van der Waals surface area contributed by atoms with Crippen LogP contribution in [0.5, 0.6) is 5.75 Å². The third kappa shape index (κ3) is 4.33. The maximum Gasteiger partial charge on any atom is 0.270 e. The van der Waals surface area contributed by atoms with E-state index in [1.54, 1.807) is 31.2 Å². The summed E-state index contributed by atoms with van der Waals surface area (Å²) in [5, 5.41) is 6.72. The van der Waals surface area contributed by atoms with Crippen LogP contribution in [-0.2, 0) is 4.79 Å². The number of aromatic nitrogens is 2. The van der Waals surface area contributed by atoms with Gasteiger partial charge in [-0.05, 0) is 54.5 Å². The smallest absolute Gasteiger partial charge is 0.270 e. The molecule has 0 fully saturated rings. The topological polar surface area (TPSA) is 77.2 Å². The fourth-order valence-corrected chi connectivity index (χ4v) is 2.19. The zero-order valence-corrected chi connectivity index (χ0v) is 13.8. The number of anilines is 1. The normalized spacial score (nSPS) is 11.8. The van der Waals surface area contributed by atoms with Crippen LogP contribution in [0.15, 0.2) is 53.1 Å². The van der Waals surface area contributed by atoms with Crippen molar-refractivity contribution in [3.8, 4) is 17.2 Å². The van der Waals surface area contributed by atoms with Crippen LogP contribution in [0.3, 0.4) is 0 Å². The molecule has 1 unspecified atom stereocenters. The monoisotopic (exact) mass is 361 g/mol. The van der Waals surface area contributed by atoms with E-state index in [4.69, 9.17) is 20.9 Å². The molecule has 3 aromatic rings. The molecular formula is C17H13ClFN3O3. The fraction of sp³-hybridized carbons (Fsp3) is 0.118. The molecule has 8 heteroatoms. The van der Waals surface area contributed by atoms with Gasteiger partial charge in [-0.25, -0.2) is 4.39 Å². The average molecular weight is 362 g/mol. The molecule has 0 saturated heterocycles. The summed E-state index contributed by atoms with van der Waals surface area (Å²) in [7, 11) is 0. The Hall–Kier alpha value is -2.93. The Bertz CT molecular complexity index is 883. The van der Waals surface area contributed by atoms with E-state index in [0.29, 0.717) is 16.3 Å². The Morgan fingerprint density at radius 2 is 2.04 bits per heavy atom. The van der Waals surface area contributed by atoms with Crippen molar-refractivity contribution in [3.63, 3.8) is 0 Å². The van der Waals surface area contributed by atoms with Crippen molar-refractivity contribution >= 4 is 23.5 Å². The molecule has 1 N–H and O–H groups in total. The molecule has 0 spiro atoms. The third-order valence-corrected chi connectivity index (χ3v) is 3.46. The van der Waals surface area contributed by atoms with Crippen LogP contribution in [-0.4, -0.2) is 22.2 Å². The summed E-state index contributed by atoms with van der Waals surface area (Å²) < 4.78 is 23.4. The van der Waals surface area contributed by atoms with Crippen LogP contribution in [0.1, 0.15) is 6.92 Å². The first-order valence-corrected chi connectivity index (χ1v) is 7.72. The van der Waals surface area contributed by atoms with Crippen molar-refractivity contribution in [2.24, 2.45) is 0 Å². The molecule has 2 aromatic carbocycles. The number of halogens is 2. The minimum absolute atomic E-state index is 0.00883. The van der Waals surface area contributed by atoms with Gasteiger partial charge in [0.1, 0.15) is 11.6 Å². The van der Waals surface area contributed by atoms with Crippen LogP contribution in [0.4, 0.5) is 10.3 Å². The summed E-state index contributed by atoms with van der Waals surface area (Å²) >= 11 is 5.91. The number of nitrogens with zero attached hydrogens (tertiary/aromatic N) is 2. The van der Waals surface area contributed by atoms with Gasteiger partial charge in [-0.15, -0.1) is 0 Å². The van der Waals surface area contributed by atoms with Crippen molar-refractivity contribution in [3.05, 3.63) is 59.4 Å². The van der Waals surface area contributed by atoms with E-state index in [2.05, 4.69) is 15.5 Å². The lowest BCUT2D eigenvalue weighted by molar-refractivity contribution is -0.122. The van der Waals surface area contributed by atoms with Crippen molar-refractivity contribution in [1.82, 2.24) is 10.1 Å². The van der Waals surface area contributed by atoms with Crippen LogP contribution >= 0.6 is 11.6 Å². The van der Waals surface area contributed by atoms with E-state index in [9.17, 15) is 9.18 Å². The first kappa shape index (κ1) is 16.9. The molecule has 0 aliphatic carbocycles. The van der Waals surface area contributed by atoms with Gasteiger partial charge < -0.3 is 9.26 Å². The van der Waals surface area contributed by atoms with E-state index < -0.39 is 12.0 Å². The Morgan fingerprint density at radius 3 is 2.76 bits per heavy atom. The van der Waals surface area contributed by atoms with E-state index in [1.807, 2.05) is 0 Å². The quantitative estimate of drug-likeness (QED) is 0.744. The summed E-state index contributed by atoms with van der Waals surface area (Å²) in [6.07, 6.45) is -0.835. The van der Waals surface area contributed by atoms with E-state index in [0.717, 1.165) is 0 Å². The van der Waals surface area contributed by atoms with Crippen LogP contribution < -0.4 is 10.1 Å². The highest BCUT2D eigenvalue weighted by atomic mass is 35.5. The predicted octanol–water partition coefficient (Wildman–Crippen LogP) is 3.94. The lowest BCUT2D eigenvalue weighted by Crippen LogP contribution is -2.30. The van der Waals surface area contributed by atoms with Gasteiger partial charge in [0.25, 0.3) is 17.7 Å². The molecule has 0 saturated carbocycles. The summed E-state index contributed by atoms with van der Waals surface area (Å²) in [4.78, 5) is 16.2. The average Bonchev–Trinajstić information content (AvgIpc) is 3.05. The highest BCUT2D eigenvalue weighted by Gasteiger charge is 2.18. The van der Waals surface area contributed by atoms with Gasteiger partial charge in [0.05, 0.1) is 0 Å². The standard InChI is InChI=1S/C17H13ClFN3O3/c1-10(24-14-7-5-13(19)6-8-14)15(23)20-17-21-16(25-22-17)11-3-2-4-12(18)9-11/h2-10H,1H3,(H,20,22,23). The lowest BCUT2D eigenvalue weighted by Gasteiger charge is -2.13. The van der Waals surface area contributed by atoms with Crippen LogP contribution in [0, 0.1) is 5.82 Å². The van der Waals surface area contributed by atoms with Crippen LogP contribution in [0.25, 0.3) is 11.5 Å². The number of nitrogens with one attached hydrogen (secondary N) is 1. The minimum atomic E-state index is -0.835. The predicted molar refractivity (Wildman–Crippen MR) is 89.9 cm³/mol. The van der Waals surface area contributed by atoms with Crippen LogP contribution in [0.2, 0.25) is 5.02 Å². The molecule has 0 radical (unpaired) electrons. The Balaban J connectivity index is 1.64. The van der Waals surface area contributed by atoms with Gasteiger partial charge >= 0.3 is 0 Å². The molecule has 1 atom stereocenters. The van der Waals surface area contributed by atoms with Crippen molar-refractivity contribution < 1.29 is 18.4 Å². The zero-order chi connectivity index (χ0) is 17.8. The molecule has 0 bridgehead atoms. The van der Waals surface area contributed by atoms with E-state index >= 15 is 0 Å². The van der Waals surface area contributed by atoms with E-state index in [-0.39, 0.29) is 17.7 Å². The Kier molecular flexibility index (Phi) is 4.95. The van der Waals surface area contributed by atoms with Gasteiger partial charge in [-0.1, -0.05) is 17.7 Å². The molecule has 0 aliphatic rings. The first-order valence-electron chi connectivity index (χ1n) is 7.34. The largest absolute Gasteiger partial charge is 0.481 e. The minimum Gasteiger partial charge on any atom is -0.481 e. The van der Waals surface area contributed by atoms with Gasteiger partial charge in [0.15, 0.2) is 6.10 Å². The number of hydrogen-bond donors (Lipinski definition) is 1. The summed E-state index contributed by atoms with van der Waals surface area (Å²) in [6, 6.07) is 12.3. The second kappa shape index (κ2) is 7.31. The second-order valence-electron chi connectivity index (χ2n) is 5.14. The molecule has 1 amide bonds. The van der Waals surface area contributed by atoms with Gasteiger partial charge in [-0.3, -0.25) is 10.1 Å². The van der Waals surface area contributed by atoms with Crippen molar-refractivity contribution in [2.45, 2.75) is 13.0 Å². The molecular weight excluding hydrogens is 349 g/mol. The molecule has 0 aliphatic heterocycles. The molecule has 25 heavy (non-hydrogen) atoms. The molecule has 1 heterocycles. The number of benzene rings is 2. The summed E-state index contributed by atoms with van der Waals surface area (Å²) in [5.74, 6) is -0.246. The summed E-state index contributed by atoms with van der Waals surface area (Å²) in [6.45, 7) is 1.55. The Morgan fingerprint density at radius 1 is 1.28 bits per heavy atom. The highest BCUT2D eigenvalue weighted by Crippen LogP contribution is 2.22. The highest BCUT2D eigenvalue weighted by molar-refractivity contribution is 6.30. The SMILES string of the molecule is CC(Oc1ccc(F)cc1)C(=O)Nc1noc(-c2cccc(Cl)c2)n1. The maximum absolute atomic E-state index is 12.9. The second-order valence-corrected chi connectivity index (χ2v) is 5.57. The number of carbonyl (C=O) groups is 1. The first-order chi connectivity index (χ1) is 12.0. The van der Waals surface area contributed by atoms with Gasteiger partial charge in [0.2, 0.25) is 0 Å². The van der Waals surface area contributed by atoms with Crippen molar-refractivity contribution in [1.29, 1.82) is 0 Å². The number of carbonyl (C=O) groups excluding carboxylic acids is 1. The number of ether oxygens (including phenoxy) is 1.